The lowest BCUT2D eigenvalue weighted by atomic mass is 9.93. The van der Waals surface area contributed by atoms with Gasteiger partial charge in [0.2, 0.25) is 10.0 Å². The Kier molecular flexibility index (Phi) is 4.90. The zero-order valence-electron chi connectivity index (χ0n) is 14.6. The van der Waals surface area contributed by atoms with Crippen LogP contribution in [0.25, 0.3) is 0 Å². The Bertz CT molecular complexity index is 907. The van der Waals surface area contributed by atoms with Crippen LogP contribution in [0.15, 0.2) is 53.9 Å². The molecule has 2 aromatic heterocycles. The Morgan fingerprint density at radius 3 is 2.74 bits per heavy atom. The molecule has 0 aromatic carbocycles. The van der Waals surface area contributed by atoms with E-state index in [1.807, 2.05) is 0 Å². The molecule has 0 spiro atoms. The molecular formula is C18H20N4O4S. The van der Waals surface area contributed by atoms with E-state index in [0.717, 1.165) is 0 Å². The number of nitrogens with zero attached hydrogens (tertiary/aromatic N) is 3. The van der Waals surface area contributed by atoms with E-state index in [4.69, 9.17) is 4.74 Å². The van der Waals surface area contributed by atoms with Crippen molar-refractivity contribution in [3.63, 3.8) is 0 Å². The minimum absolute atomic E-state index is 0.0641. The van der Waals surface area contributed by atoms with E-state index >= 15 is 0 Å². The first-order chi connectivity index (χ1) is 13.1. The van der Waals surface area contributed by atoms with Crippen LogP contribution in [-0.2, 0) is 14.8 Å². The number of carbonyl (C=O) groups excluding carboxylic acids is 1. The van der Waals surface area contributed by atoms with E-state index in [9.17, 15) is 13.2 Å². The SMILES string of the molecule is O=C(NC[C@H]1CO[C@@H]2CN(S(=O)(=O)c3cccnc3)C[C@H]12)c1ccncc1. The summed E-state index contributed by atoms with van der Waals surface area (Å²) < 4.78 is 32.8. The number of fused-ring (bicyclic) bond motifs is 1. The van der Waals surface area contributed by atoms with Crippen LogP contribution in [0.2, 0.25) is 0 Å². The van der Waals surface area contributed by atoms with E-state index in [0.29, 0.717) is 31.8 Å². The summed E-state index contributed by atoms with van der Waals surface area (Å²) >= 11 is 0. The number of hydrogen-bond acceptors (Lipinski definition) is 6. The number of carbonyl (C=O) groups is 1. The molecular weight excluding hydrogens is 368 g/mol. The lowest BCUT2D eigenvalue weighted by molar-refractivity contribution is 0.0932. The van der Waals surface area contributed by atoms with Gasteiger partial charge in [0.05, 0.1) is 12.7 Å². The van der Waals surface area contributed by atoms with Crippen LogP contribution in [-0.4, -0.2) is 60.9 Å². The van der Waals surface area contributed by atoms with Crippen LogP contribution in [0.3, 0.4) is 0 Å². The molecule has 4 rings (SSSR count). The molecule has 0 aliphatic carbocycles. The summed E-state index contributed by atoms with van der Waals surface area (Å²) in [6, 6.07) is 6.46. The standard InChI is InChI=1S/C18H20N4O4S/c23-18(13-3-6-19-7-4-13)21-8-14-12-26-17-11-22(10-16(14)17)27(24,25)15-2-1-5-20-9-15/h1-7,9,14,16-17H,8,10-12H2,(H,21,23)/t14-,16+,17+/m0/s1. The minimum atomic E-state index is -3.58. The lowest BCUT2D eigenvalue weighted by Crippen LogP contribution is -2.35. The highest BCUT2D eigenvalue weighted by Gasteiger charge is 2.47. The molecule has 27 heavy (non-hydrogen) atoms. The van der Waals surface area contributed by atoms with Gasteiger partial charge in [0.25, 0.3) is 5.91 Å². The number of nitrogens with one attached hydrogen (secondary N) is 1. The van der Waals surface area contributed by atoms with Gasteiger partial charge in [-0.3, -0.25) is 14.8 Å². The third-order valence-corrected chi connectivity index (χ3v) is 6.96. The molecule has 1 amide bonds. The molecule has 142 valence electrons. The molecule has 0 radical (unpaired) electrons. The predicted octanol–water partition coefficient (Wildman–Crippen LogP) is 0.542. The van der Waals surface area contributed by atoms with Gasteiger partial charge in [0.1, 0.15) is 4.90 Å². The summed E-state index contributed by atoms with van der Waals surface area (Å²) in [5.74, 6) is -0.0252. The van der Waals surface area contributed by atoms with Crippen molar-refractivity contribution in [1.29, 1.82) is 0 Å². The third kappa shape index (κ3) is 3.58. The van der Waals surface area contributed by atoms with Crippen molar-refractivity contribution in [2.24, 2.45) is 11.8 Å². The molecule has 4 heterocycles. The number of pyridine rings is 2. The van der Waals surface area contributed by atoms with Crippen molar-refractivity contribution in [1.82, 2.24) is 19.6 Å². The van der Waals surface area contributed by atoms with Gasteiger partial charge in [-0.1, -0.05) is 0 Å². The van der Waals surface area contributed by atoms with Crippen LogP contribution in [0.5, 0.6) is 0 Å². The minimum Gasteiger partial charge on any atom is -0.376 e. The van der Waals surface area contributed by atoms with Crippen molar-refractivity contribution in [3.8, 4) is 0 Å². The van der Waals surface area contributed by atoms with Crippen LogP contribution in [0.4, 0.5) is 0 Å². The van der Waals surface area contributed by atoms with Gasteiger partial charge in [-0.2, -0.15) is 4.31 Å². The summed E-state index contributed by atoms with van der Waals surface area (Å²) in [7, 11) is -3.58. The monoisotopic (exact) mass is 388 g/mol. The van der Waals surface area contributed by atoms with Crippen molar-refractivity contribution >= 4 is 15.9 Å². The van der Waals surface area contributed by atoms with Gasteiger partial charge in [-0.25, -0.2) is 8.42 Å². The van der Waals surface area contributed by atoms with Crippen LogP contribution >= 0.6 is 0 Å². The first-order valence-corrected chi connectivity index (χ1v) is 10.2. The second-order valence-corrected chi connectivity index (χ2v) is 8.69. The van der Waals surface area contributed by atoms with Crippen molar-refractivity contribution in [2.75, 3.05) is 26.2 Å². The predicted molar refractivity (Wildman–Crippen MR) is 96.3 cm³/mol. The van der Waals surface area contributed by atoms with E-state index in [2.05, 4.69) is 15.3 Å². The highest BCUT2D eigenvalue weighted by molar-refractivity contribution is 7.89. The van der Waals surface area contributed by atoms with Gasteiger partial charge in [0.15, 0.2) is 0 Å². The molecule has 0 saturated carbocycles. The van der Waals surface area contributed by atoms with Gasteiger partial charge in [-0.15, -0.1) is 0 Å². The maximum Gasteiger partial charge on any atom is 0.251 e. The van der Waals surface area contributed by atoms with Gasteiger partial charge in [-0.05, 0) is 24.3 Å². The zero-order chi connectivity index (χ0) is 18.9. The van der Waals surface area contributed by atoms with Gasteiger partial charge >= 0.3 is 0 Å². The number of sulfonamides is 1. The topological polar surface area (TPSA) is 101 Å². The number of ether oxygens (including phenoxy) is 1. The Balaban J connectivity index is 1.39. The summed E-state index contributed by atoms with van der Waals surface area (Å²) in [5.41, 5.74) is 0.549. The Morgan fingerprint density at radius 1 is 1.19 bits per heavy atom. The van der Waals surface area contributed by atoms with Gasteiger partial charge < -0.3 is 10.1 Å². The quantitative estimate of drug-likeness (QED) is 0.802. The molecule has 2 aliphatic rings. The molecule has 1 N–H and O–H groups in total. The molecule has 2 aliphatic heterocycles. The average molecular weight is 388 g/mol. The zero-order valence-corrected chi connectivity index (χ0v) is 15.4. The second-order valence-electron chi connectivity index (χ2n) is 6.75. The molecule has 2 saturated heterocycles. The summed E-state index contributed by atoms with van der Waals surface area (Å²) in [4.78, 5) is 20.2. The maximum absolute atomic E-state index is 12.8. The molecule has 0 unspecified atom stereocenters. The smallest absolute Gasteiger partial charge is 0.251 e. The largest absolute Gasteiger partial charge is 0.376 e. The number of hydrogen-bond donors (Lipinski definition) is 1. The highest BCUT2D eigenvalue weighted by Crippen LogP contribution is 2.35. The van der Waals surface area contributed by atoms with Crippen molar-refractivity contribution in [3.05, 3.63) is 54.6 Å². The Hall–Kier alpha value is -2.36. The fraction of sp³-hybridized carbons (Fsp3) is 0.389. The van der Waals surface area contributed by atoms with Crippen LogP contribution in [0.1, 0.15) is 10.4 Å². The Morgan fingerprint density at radius 2 is 2.00 bits per heavy atom. The molecule has 3 atom stereocenters. The van der Waals surface area contributed by atoms with Crippen molar-refractivity contribution in [2.45, 2.75) is 11.0 Å². The van der Waals surface area contributed by atoms with E-state index < -0.39 is 10.0 Å². The first-order valence-electron chi connectivity index (χ1n) is 8.76. The molecule has 0 bridgehead atoms. The highest BCUT2D eigenvalue weighted by atomic mass is 32.2. The average Bonchev–Trinajstić information content (AvgIpc) is 3.29. The lowest BCUT2D eigenvalue weighted by Gasteiger charge is -2.20. The summed E-state index contributed by atoms with van der Waals surface area (Å²) in [6.45, 7) is 1.68. The van der Waals surface area contributed by atoms with Crippen molar-refractivity contribution < 1.29 is 17.9 Å². The molecule has 2 aromatic rings. The summed E-state index contributed by atoms with van der Waals surface area (Å²) in [6.07, 6.45) is 5.90. The second kappa shape index (κ2) is 7.34. The number of aromatic nitrogens is 2. The first kappa shape index (κ1) is 18.0. The van der Waals surface area contributed by atoms with Gasteiger partial charge in [0, 0.05) is 61.8 Å². The third-order valence-electron chi connectivity index (χ3n) is 5.14. The van der Waals surface area contributed by atoms with Crippen LogP contribution in [0, 0.1) is 11.8 Å². The van der Waals surface area contributed by atoms with Crippen LogP contribution < -0.4 is 5.32 Å². The van der Waals surface area contributed by atoms with E-state index in [1.165, 1.54) is 10.5 Å². The van der Waals surface area contributed by atoms with E-state index in [-0.39, 0.29) is 28.7 Å². The number of rotatable bonds is 5. The normalized spacial score (nSPS) is 25.3. The Labute approximate surface area is 157 Å². The van der Waals surface area contributed by atoms with E-state index in [1.54, 1.807) is 42.9 Å². The molecule has 8 nitrogen and oxygen atoms in total. The molecule has 9 heteroatoms. The fourth-order valence-corrected chi connectivity index (χ4v) is 5.10. The number of amides is 1. The fourth-order valence-electron chi connectivity index (χ4n) is 3.65. The molecule has 2 fully saturated rings. The summed E-state index contributed by atoms with van der Waals surface area (Å²) in [5, 5.41) is 2.91. The maximum atomic E-state index is 12.8.